The van der Waals surface area contributed by atoms with Crippen LogP contribution in [-0.4, -0.2) is 36.4 Å². The van der Waals surface area contributed by atoms with Gasteiger partial charge in [-0.05, 0) is 25.8 Å². The summed E-state index contributed by atoms with van der Waals surface area (Å²) < 4.78 is 39.1. The molecule has 1 aromatic heterocycles. The average molecular weight is 435 g/mol. The number of hydrogen-bond donors (Lipinski definition) is 2. The number of benzene rings is 1. The number of aromatic nitrogens is 2. The number of halogens is 2. The smallest absolute Gasteiger partial charge is 0.395 e. The van der Waals surface area contributed by atoms with Crippen molar-refractivity contribution in [1.29, 1.82) is 0 Å². The monoisotopic (exact) mass is 435 g/mol. The molecule has 0 saturated carbocycles. The van der Waals surface area contributed by atoms with Crippen LogP contribution in [0.4, 0.5) is 14.7 Å². The number of nitrogens with one attached hydrogen (secondary N) is 2. The SMILES string of the molecule is C#CC.C/C=C\C(=C/CC)CC(=O)Nc1nc2cc3c(cc2[nH]1)OC(F)(F)O3.COC. The van der Waals surface area contributed by atoms with Crippen LogP contribution in [0.2, 0.25) is 0 Å². The lowest BCUT2D eigenvalue weighted by Gasteiger charge is -2.04. The maximum atomic E-state index is 13.0. The first-order valence-corrected chi connectivity index (χ1v) is 9.42. The minimum Gasteiger partial charge on any atom is -0.395 e. The number of amides is 1. The van der Waals surface area contributed by atoms with E-state index in [1.165, 1.54) is 12.1 Å². The van der Waals surface area contributed by atoms with Crippen molar-refractivity contribution >= 4 is 22.9 Å². The number of rotatable bonds is 5. The maximum absolute atomic E-state index is 13.0. The fourth-order valence-electron chi connectivity index (χ4n) is 2.55. The zero-order valence-corrected chi connectivity index (χ0v) is 18.2. The van der Waals surface area contributed by atoms with Crippen molar-refractivity contribution in [2.45, 2.75) is 39.9 Å². The molecule has 2 aromatic rings. The van der Waals surface area contributed by atoms with Crippen LogP contribution < -0.4 is 14.8 Å². The van der Waals surface area contributed by atoms with Crippen LogP contribution in [0, 0.1) is 12.3 Å². The zero-order chi connectivity index (χ0) is 23.4. The van der Waals surface area contributed by atoms with E-state index in [9.17, 15) is 13.6 Å². The van der Waals surface area contributed by atoms with Crippen LogP contribution in [0.1, 0.15) is 33.6 Å². The third-order valence-electron chi connectivity index (χ3n) is 3.47. The first-order valence-electron chi connectivity index (χ1n) is 9.42. The molecular formula is C22H27F2N3O4. The van der Waals surface area contributed by atoms with E-state index in [2.05, 4.69) is 41.8 Å². The van der Waals surface area contributed by atoms with Gasteiger partial charge in [0.05, 0.1) is 17.5 Å². The average Bonchev–Trinajstić information content (AvgIpc) is 3.17. The second-order valence-electron chi connectivity index (χ2n) is 6.18. The standard InChI is InChI=1S/C17H17F2N3O3.C3H4.C2H6O/c1-3-5-10(6-4-2)7-15(23)22-16-20-11-8-13-14(9-12(11)21-16)25-17(18,19)24-13;2*1-3-2/h3,5-6,8-9H,4,7H2,1-2H3,(H2,20,21,22,23);1H,2H3;1-2H3/b5-3-,10-6+;;. The first-order chi connectivity index (χ1) is 14.7. The molecule has 3 rings (SSSR count). The molecular weight excluding hydrogens is 408 g/mol. The predicted molar refractivity (Wildman–Crippen MR) is 116 cm³/mol. The van der Waals surface area contributed by atoms with Gasteiger partial charge in [0.1, 0.15) is 0 Å². The summed E-state index contributed by atoms with van der Waals surface area (Å²) in [7, 11) is 3.25. The van der Waals surface area contributed by atoms with Gasteiger partial charge >= 0.3 is 6.29 Å². The summed E-state index contributed by atoms with van der Waals surface area (Å²) in [5, 5.41) is 2.66. The fraction of sp³-hybridized carbons (Fsp3) is 0.364. The van der Waals surface area contributed by atoms with E-state index in [1.807, 2.05) is 32.1 Å². The minimum absolute atomic E-state index is 0.0831. The van der Waals surface area contributed by atoms with Crippen molar-refractivity contribution < 1.29 is 27.8 Å². The van der Waals surface area contributed by atoms with Crippen molar-refractivity contribution in [3.63, 3.8) is 0 Å². The number of anilines is 1. The Hall–Kier alpha value is -3.38. The summed E-state index contributed by atoms with van der Waals surface area (Å²) >= 11 is 0. The van der Waals surface area contributed by atoms with Crippen LogP contribution in [0.3, 0.4) is 0 Å². The van der Waals surface area contributed by atoms with Crippen molar-refractivity contribution in [2.75, 3.05) is 19.5 Å². The van der Waals surface area contributed by atoms with Gasteiger partial charge in [-0.2, -0.15) is 0 Å². The van der Waals surface area contributed by atoms with E-state index < -0.39 is 6.29 Å². The Morgan fingerprint density at radius 1 is 1.35 bits per heavy atom. The number of H-pyrrole nitrogens is 1. The van der Waals surface area contributed by atoms with Crippen molar-refractivity contribution in [3.8, 4) is 23.8 Å². The van der Waals surface area contributed by atoms with Crippen LogP contribution in [0.5, 0.6) is 11.5 Å². The number of carbonyl (C=O) groups is 1. The van der Waals surface area contributed by atoms with Gasteiger partial charge in [-0.1, -0.05) is 25.2 Å². The number of allylic oxidation sites excluding steroid dienone is 3. The Morgan fingerprint density at radius 3 is 2.48 bits per heavy atom. The summed E-state index contributed by atoms with van der Waals surface area (Å²) in [6.07, 6.45) is 7.68. The molecule has 2 heterocycles. The highest BCUT2D eigenvalue weighted by molar-refractivity contribution is 5.93. The van der Waals surface area contributed by atoms with Gasteiger partial charge in [-0.3, -0.25) is 10.1 Å². The lowest BCUT2D eigenvalue weighted by Crippen LogP contribution is -2.25. The molecule has 0 unspecified atom stereocenters. The van der Waals surface area contributed by atoms with Gasteiger partial charge in [0.25, 0.3) is 0 Å². The van der Waals surface area contributed by atoms with Crippen LogP contribution in [0.25, 0.3) is 11.0 Å². The number of fused-ring (bicyclic) bond motifs is 2. The fourth-order valence-corrected chi connectivity index (χ4v) is 2.55. The highest BCUT2D eigenvalue weighted by Crippen LogP contribution is 2.42. The molecule has 2 N–H and O–H groups in total. The molecule has 0 spiro atoms. The summed E-state index contributed by atoms with van der Waals surface area (Å²) in [6.45, 7) is 5.53. The van der Waals surface area contributed by atoms with Gasteiger partial charge in [0, 0.05) is 26.4 Å². The van der Waals surface area contributed by atoms with Crippen molar-refractivity contribution in [1.82, 2.24) is 9.97 Å². The number of imidazole rings is 1. The summed E-state index contributed by atoms with van der Waals surface area (Å²) in [4.78, 5) is 19.2. The third-order valence-corrected chi connectivity index (χ3v) is 3.47. The van der Waals surface area contributed by atoms with E-state index in [0.29, 0.717) is 11.0 Å². The quantitative estimate of drug-likeness (QED) is 0.508. The zero-order valence-electron chi connectivity index (χ0n) is 18.2. The lowest BCUT2D eigenvalue weighted by atomic mass is 10.1. The van der Waals surface area contributed by atoms with E-state index in [1.54, 1.807) is 21.1 Å². The molecule has 0 radical (unpaired) electrons. The van der Waals surface area contributed by atoms with Gasteiger partial charge in [-0.25, -0.2) is 4.98 Å². The molecule has 1 aliphatic rings. The Balaban J connectivity index is 0.000000720. The number of methoxy groups -OCH3 is 1. The largest absolute Gasteiger partial charge is 0.586 e. The van der Waals surface area contributed by atoms with Crippen LogP contribution in [0.15, 0.2) is 35.9 Å². The van der Waals surface area contributed by atoms with Crippen LogP contribution in [-0.2, 0) is 9.53 Å². The third kappa shape index (κ3) is 8.10. The number of hydrogen-bond acceptors (Lipinski definition) is 5. The van der Waals surface area contributed by atoms with Gasteiger partial charge < -0.3 is 19.2 Å². The molecule has 1 aromatic carbocycles. The predicted octanol–water partition coefficient (Wildman–Crippen LogP) is 5.03. The number of terminal acetylenes is 1. The molecule has 0 saturated heterocycles. The second-order valence-corrected chi connectivity index (χ2v) is 6.18. The molecule has 0 aliphatic carbocycles. The highest BCUT2D eigenvalue weighted by Gasteiger charge is 2.43. The maximum Gasteiger partial charge on any atom is 0.586 e. The Kier molecular flexibility index (Phi) is 10.2. The van der Waals surface area contributed by atoms with Gasteiger partial charge in [-0.15, -0.1) is 21.1 Å². The molecule has 168 valence electrons. The molecule has 0 fully saturated rings. The molecule has 0 bridgehead atoms. The number of carbonyl (C=O) groups excluding carboxylic acids is 1. The number of aromatic amines is 1. The number of ether oxygens (including phenoxy) is 3. The summed E-state index contributed by atoms with van der Waals surface area (Å²) in [6, 6.07) is 2.69. The first kappa shape index (κ1) is 25.7. The summed E-state index contributed by atoms with van der Waals surface area (Å²) in [5.74, 6) is 2.07. The second kappa shape index (κ2) is 12.3. The highest BCUT2D eigenvalue weighted by atomic mass is 19.3. The van der Waals surface area contributed by atoms with Crippen LogP contribution >= 0.6 is 0 Å². The molecule has 1 amide bonds. The van der Waals surface area contributed by atoms with E-state index in [-0.39, 0.29) is 29.8 Å². The lowest BCUT2D eigenvalue weighted by molar-refractivity contribution is -0.286. The topological polar surface area (TPSA) is 85.5 Å². The normalized spacial score (nSPS) is 13.7. The molecule has 1 aliphatic heterocycles. The Bertz CT molecular complexity index is 930. The Morgan fingerprint density at radius 2 is 1.94 bits per heavy atom. The van der Waals surface area contributed by atoms with E-state index in [0.717, 1.165) is 12.0 Å². The molecule has 0 atom stereocenters. The van der Waals surface area contributed by atoms with Gasteiger partial charge in [0.15, 0.2) is 11.5 Å². The molecule has 9 heteroatoms. The Labute approximate surface area is 180 Å². The van der Waals surface area contributed by atoms with E-state index in [4.69, 9.17) is 0 Å². The van der Waals surface area contributed by atoms with Gasteiger partial charge in [0.2, 0.25) is 11.9 Å². The number of alkyl halides is 2. The minimum atomic E-state index is -3.67. The van der Waals surface area contributed by atoms with Crippen molar-refractivity contribution in [3.05, 3.63) is 35.9 Å². The van der Waals surface area contributed by atoms with E-state index >= 15 is 0 Å². The van der Waals surface area contributed by atoms with Crippen molar-refractivity contribution in [2.24, 2.45) is 0 Å². The molecule has 31 heavy (non-hydrogen) atoms. The summed E-state index contributed by atoms with van der Waals surface area (Å²) in [5.41, 5.74) is 1.74. The number of nitrogens with zero attached hydrogens (tertiary/aromatic N) is 1. The molecule has 7 nitrogen and oxygen atoms in total.